The average Bonchev–Trinajstić information content (AvgIpc) is 2.83. The minimum atomic E-state index is -0.475. The second kappa shape index (κ2) is 6.64. The summed E-state index contributed by atoms with van der Waals surface area (Å²) in [6.07, 6.45) is 1.63. The molecule has 2 heterocycles. The molecule has 1 aromatic rings. The highest BCUT2D eigenvalue weighted by atomic mass is 79.9. The number of hydrogen-bond donors (Lipinski definition) is 0. The number of aromatic nitrogens is 1. The number of likely N-dealkylation sites (tertiary alicyclic amines) is 1. The van der Waals surface area contributed by atoms with Crippen molar-refractivity contribution in [3.63, 3.8) is 0 Å². The van der Waals surface area contributed by atoms with Crippen LogP contribution in [0.15, 0.2) is 22.8 Å². The van der Waals surface area contributed by atoms with E-state index in [4.69, 9.17) is 9.47 Å². The minimum absolute atomic E-state index is 0.0423. The lowest BCUT2D eigenvalue weighted by atomic mass is 10.2. The van der Waals surface area contributed by atoms with E-state index in [1.54, 1.807) is 11.0 Å². The van der Waals surface area contributed by atoms with Gasteiger partial charge < -0.3 is 14.4 Å². The van der Waals surface area contributed by atoms with Crippen LogP contribution in [0.5, 0.6) is 5.88 Å². The second-order valence-electron chi connectivity index (χ2n) is 6.08. The molecule has 0 N–H and O–H groups in total. The molecule has 1 amide bonds. The maximum Gasteiger partial charge on any atom is 0.410 e. The number of pyridine rings is 1. The molecule has 1 aliphatic heterocycles. The number of hydrogen-bond acceptors (Lipinski definition) is 4. The van der Waals surface area contributed by atoms with E-state index in [1.165, 1.54) is 0 Å². The first-order valence-corrected chi connectivity index (χ1v) is 7.89. The number of ether oxygens (including phenoxy) is 2. The predicted molar refractivity (Wildman–Crippen MR) is 83.4 cm³/mol. The number of carbonyl (C=O) groups excluding carboxylic acids is 1. The van der Waals surface area contributed by atoms with Crippen molar-refractivity contribution >= 4 is 22.0 Å². The summed E-state index contributed by atoms with van der Waals surface area (Å²) in [5.74, 6) is 0.556. The summed E-state index contributed by atoms with van der Waals surface area (Å²) in [7, 11) is 0. The average molecular weight is 357 g/mol. The van der Waals surface area contributed by atoms with E-state index in [0.717, 1.165) is 24.0 Å². The lowest BCUT2D eigenvalue weighted by molar-refractivity contribution is 0.0185. The van der Waals surface area contributed by atoms with Gasteiger partial charge in [0.2, 0.25) is 5.88 Å². The fourth-order valence-electron chi connectivity index (χ4n) is 2.22. The smallest absolute Gasteiger partial charge is 0.410 e. The Hall–Kier alpha value is -1.30. The van der Waals surface area contributed by atoms with E-state index < -0.39 is 5.60 Å². The monoisotopic (exact) mass is 356 g/mol. The second-order valence-corrected chi connectivity index (χ2v) is 6.89. The minimum Gasteiger partial charge on any atom is -0.475 e. The van der Waals surface area contributed by atoms with E-state index in [-0.39, 0.29) is 12.1 Å². The van der Waals surface area contributed by atoms with Gasteiger partial charge in [-0.3, -0.25) is 0 Å². The maximum atomic E-state index is 12.2. The Kier molecular flexibility index (Phi) is 5.08. The third-order valence-electron chi connectivity index (χ3n) is 3.12. The molecule has 0 aromatic carbocycles. The van der Waals surface area contributed by atoms with Gasteiger partial charge in [0, 0.05) is 12.6 Å². The van der Waals surface area contributed by atoms with Crippen LogP contribution in [0.1, 0.15) is 33.6 Å². The molecule has 116 valence electrons. The highest BCUT2D eigenvalue weighted by Gasteiger charge is 2.32. The summed E-state index contributed by atoms with van der Waals surface area (Å²) in [5, 5.41) is 0. The summed E-state index contributed by atoms with van der Waals surface area (Å²) in [4.78, 5) is 18.1. The van der Waals surface area contributed by atoms with Crippen molar-refractivity contribution in [2.45, 2.75) is 45.3 Å². The summed E-state index contributed by atoms with van der Waals surface area (Å²) in [6.45, 7) is 6.77. The topological polar surface area (TPSA) is 51.7 Å². The van der Waals surface area contributed by atoms with Crippen LogP contribution in [0.25, 0.3) is 0 Å². The van der Waals surface area contributed by atoms with Gasteiger partial charge in [0.05, 0.1) is 6.04 Å². The normalized spacial score (nSPS) is 18.7. The van der Waals surface area contributed by atoms with Crippen molar-refractivity contribution in [1.29, 1.82) is 0 Å². The van der Waals surface area contributed by atoms with E-state index in [1.807, 2.05) is 32.9 Å². The van der Waals surface area contributed by atoms with E-state index >= 15 is 0 Å². The molecule has 0 unspecified atom stereocenters. The van der Waals surface area contributed by atoms with E-state index in [9.17, 15) is 4.79 Å². The van der Waals surface area contributed by atoms with Crippen LogP contribution in [0, 0.1) is 0 Å². The lowest BCUT2D eigenvalue weighted by Gasteiger charge is -2.28. The number of amides is 1. The van der Waals surface area contributed by atoms with Gasteiger partial charge in [-0.15, -0.1) is 0 Å². The SMILES string of the molecule is CC(C)(C)OC(=O)N1CCC[C@H]1COc1cccc(Br)n1. The molecule has 1 aromatic heterocycles. The fraction of sp³-hybridized carbons (Fsp3) is 0.600. The van der Waals surface area contributed by atoms with Crippen LogP contribution in [-0.2, 0) is 4.74 Å². The van der Waals surface area contributed by atoms with Gasteiger partial charge in [0.15, 0.2) is 0 Å². The van der Waals surface area contributed by atoms with Gasteiger partial charge in [-0.1, -0.05) is 6.07 Å². The first-order valence-electron chi connectivity index (χ1n) is 7.10. The fourth-order valence-corrected chi connectivity index (χ4v) is 2.55. The molecule has 0 spiro atoms. The zero-order valence-corrected chi connectivity index (χ0v) is 14.2. The predicted octanol–water partition coefficient (Wildman–Crippen LogP) is 3.62. The quantitative estimate of drug-likeness (QED) is 0.776. The number of carbonyl (C=O) groups is 1. The molecule has 2 rings (SSSR count). The molecule has 5 nitrogen and oxygen atoms in total. The maximum absolute atomic E-state index is 12.2. The van der Waals surface area contributed by atoms with Gasteiger partial charge in [0.1, 0.15) is 16.8 Å². The molecule has 21 heavy (non-hydrogen) atoms. The van der Waals surface area contributed by atoms with Gasteiger partial charge in [0.25, 0.3) is 0 Å². The Morgan fingerprint density at radius 1 is 1.48 bits per heavy atom. The molecule has 0 bridgehead atoms. The summed E-state index contributed by atoms with van der Waals surface area (Å²) in [6, 6.07) is 5.56. The molecule has 0 saturated carbocycles. The van der Waals surface area contributed by atoms with Crippen molar-refractivity contribution in [1.82, 2.24) is 9.88 Å². The zero-order valence-electron chi connectivity index (χ0n) is 12.6. The van der Waals surface area contributed by atoms with Crippen LogP contribution in [0.2, 0.25) is 0 Å². The molecule has 0 radical (unpaired) electrons. The van der Waals surface area contributed by atoms with Gasteiger partial charge in [-0.25, -0.2) is 9.78 Å². The Labute approximate surface area is 133 Å². The Morgan fingerprint density at radius 3 is 2.90 bits per heavy atom. The standard InChI is InChI=1S/C15H21BrN2O3/c1-15(2,3)21-14(19)18-9-5-6-11(18)10-20-13-8-4-7-12(16)17-13/h4,7-8,11H,5-6,9-10H2,1-3H3/t11-/m0/s1. The highest BCUT2D eigenvalue weighted by Crippen LogP contribution is 2.22. The van der Waals surface area contributed by atoms with Crippen molar-refractivity contribution in [3.05, 3.63) is 22.8 Å². The molecule has 6 heteroatoms. The highest BCUT2D eigenvalue weighted by molar-refractivity contribution is 9.10. The van der Waals surface area contributed by atoms with Gasteiger partial charge in [-0.05, 0) is 55.6 Å². The Morgan fingerprint density at radius 2 is 2.24 bits per heavy atom. The molecular weight excluding hydrogens is 336 g/mol. The van der Waals surface area contributed by atoms with E-state index in [2.05, 4.69) is 20.9 Å². The zero-order chi connectivity index (χ0) is 15.5. The van der Waals surface area contributed by atoms with Crippen molar-refractivity contribution < 1.29 is 14.3 Å². The third-order valence-corrected chi connectivity index (χ3v) is 3.56. The summed E-state index contributed by atoms with van der Waals surface area (Å²) < 4.78 is 11.9. The van der Waals surface area contributed by atoms with Crippen LogP contribution in [-0.4, -0.2) is 40.8 Å². The number of nitrogens with zero attached hydrogens (tertiary/aromatic N) is 2. The summed E-state index contributed by atoms with van der Waals surface area (Å²) in [5.41, 5.74) is -0.475. The molecule has 0 aliphatic carbocycles. The van der Waals surface area contributed by atoms with Crippen LogP contribution in [0.4, 0.5) is 4.79 Å². The van der Waals surface area contributed by atoms with Crippen molar-refractivity contribution in [2.24, 2.45) is 0 Å². The van der Waals surface area contributed by atoms with E-state index in [0.29, 0.717) is 12.5 Å². The van der Waals surface area contributed by atoms with Gasteiger partial charge >= 0.3 is 6.09 Å². The largest absolute Gasteiger partial charge is 0.475 e. The van der Waals surface area contributed by atoms with Crippen molar-refractivity contribution in [3.8, 4) is 5.88 Å². The Bertz CT molecular complexity index is 502. The molecule has 1 fully saturated rings. The van der Waals surface area contributed by atoms with Crippen LogP contribution >= 0.6 is 15.9 Å². The molecule has 1 saturated heterocycles. The molecule has 1 atom stereocenters. The molecular formula is C15H21BrN2O3. The first-order chi connectivity index (χ1) is 9.85. The lowest BCUT2D eigenvalue weighted by Crippen LogP contribution is -2.42. The number of halogens is 1. The van der Waals surface area contributed by atoms with Crippen LogP contribution < -0.4 is 4.74 Å². The van der Waals surface area contributed by atoms with Gasteiger partial charge in [-0.2, -0.15) is 0 Å². The summed E-state index contributed by atoms with van der Waals surface area (Å²) >= 11 is 3.31. The molecule has 1 aliphatic rings. The van der Waals surface area contributed by atoms with Crippen LogP contribution in [0.3, 0.4) is 0 Å². The third kappa shape index (κ3) is 4.88. The number of rotatable bonds is 3. The Balaban J connectivity index is 1.91. The van der Waals surface area contributed by atoms with Crippen molar-refractivity contribution in [2.75, 3.05) is 13.2 Å². The first kappa shape index (κ1) is 16.1.